The van der Waals surface area contributed by atoms with E-state index in [9.17, 15) is 9.18 Å². The van der Waals surface area contributed by atoms with Gasteiger partial charge in [-0.25, -0.2) is 20.2 Å². The molecule has 1 amide bonds. The van der Waals surface area contributed by atoms with E-state index in [1.54, 1.807) is 11.3 Å². The van der Waals surface area contributed by atoms with E-state index in [-0.39, 0.29) is 11.4 Å². The molecular weight excluding hydrogens is 281 g/mol. The zero-order valence-electron chi connectivity index (χ0n) is 10.8. The number of carbonyl (C=O) groups is 1. The van der Waals surface area contributed by atoms with E-state index in [1.807, 2.05) is 12.3 Å². The van der Waals surface area contributed by atoms with Gasteiger partial charge in [-0.1, -0.05) is 0 Å². The zero-order valence-corrected chi connectivity index (χ0v) is 11.6. The molecule has 0 fully saturated rings. The third kappa shape index (κ3) is 3.28. The molecule has 0 radical (unpaired) electrons. The number of aryl methyl sites for hydroxylation is 1. The molecule has 0 aliphatic heterocycles. The van der Waals surface area contributed by atoms with E-state index in [2.05, 4.69) is 20.7 Å². The van der Waals surface area contributed by atoms with E-state index < -0.39 is 11.7 Å². The lowest BCUT2D eigenvalue weighted by atomic mass is 10.2. The molecule has 2 rings (SSSR count). The van der Waals surface area contributed by atoms with Crippen LogP contribution in [0.3, 0.4) is 0 Å². The van der Waals surface area contributed by atoms with Crippen LogP contribution in [0.4, 0.5) is 10.2 Å². The minimum absolute atomic E-state index is 0.0950. The number of thiazole rings is 1. The Balaban J connectivity index is 1.95. The highest BCUT2D eigenvalue weighted by Crippen LogP contribution is 2.13. The Labute approximate surface area is 119 Å². The summed E-state index contributed by atoms with van der Waals surface area (Å²) in [6.45, 7) is 2.30. The summed E-state index contributed by atoms with van der Waals surface area (Å²) >= 11 is 1.55. The van der Waals surface area contributed by atoms with Crippen LogP contribution in [0.25, 0.3) is 0 Å². The lowest BCUT2D eigenvalue weighted by Crippen LogP contribution is -2.27. The van der Waals surface area contributed by atoms with Crippen molar-refractivity contribution in [2.24, 2.45) is 5.84 Å². The summed E-state index contributed by atoms with van der Waals surface area (Å²) in [5.41, 5.74) is 2.92. The third-order valence-electron chi connectivity index (χ3n) is 2.60. The number of hydrogen-bond acceptors (Lipinski definition) is 6. The van der Waals surface area contributed by atoms with Gasteiger partial charge >= 0.3 is 0 Å². The molecule has 2 aromatic heterocycles. The minimum Gasteiger partial charge on any atom is -0.352 e. The third-order valence-corrected chi connectivity index (χ3v) is 3.43. The Morgan fingerprint density at radius 2 is 2.35 bits per heavy atom. The van der Waals surface area contributed by atoms with Crippen molar-refractivity contribution in [3.05, 3.63) is 39.7 Å². The highest BCUT2D eigenvalue weighted by Gasteiger charge is 2.15. The fraction of sp³-hybridized carbons (Fsp3) is 0.250. The van der Waals surface area contributed by atoms with Gasteiger partial charge < -0.3 is 10.7 Å². The number of pyridine rings is 1. The van der Waals surface area contributed by atoms with Gasteiger partial charge in [-0.3, -0.25) is 4.79 Å². The van der Waals surface area contributed by atoms with Crippen molar-refractivity contribution in [3.63, 3.8) is 0 Å². The molecule has 0 spiro atoms. The fourth-order valence-corrected chi connectivity index (χ4v) is 2.29. The Morgan fingerprint density at radius 3 is 3.00 bits per heavy atom. The van der Waals surface area contributed by atoms with Crippen LogP contribution in [0.5, 0.6) is 0 Å². The Morgan fingerprint density at radius 1 is 1.55 bits per heavy atom. The molecular formula is C12H14FN5OS. The Hall–Kier alpha value is -2.06. The number of rotatable bonds is 5. The second kappa shape index (κ2) is 6.40. The van der Waals surface area contributed by atoms with E-state index in [0.29, 0.717) is 13.0 Å². The number of anilines is 1. The molecule has 2 aromatic rings. The van der Waals surface area contributed by atoms with Crippen molar-refractivity contribution >= 4 is 23.1 Å². The zero-order chi connectivity index (χ0) is 14.5. The SMILES string of the molecule is Cc1nc(CCNC(=O)c2ccnc(NN)c2F)cs1. The first-order valence-corrected chi connectivity index (χ1v) is 6.80. The monoisotopic (exact) mass is 295 g/mol. The summed E-state index contributed by atoms with van der Waals surface area (Å²) in [6.07, 6.45) is 1.92. The average molecular weight is 295 g/mol. The number of nitrogens with one attached hydrogen (secondary N) is 2. The Bertz CT molecular complexity index is 616. The molecule has 0 unspecified atom stereocenters. The second-order valence-corrected chi connectivity index (χ2v) is 5.09. The number of nitrogen functional groups attached to an aromatic ring is 1. The maximum absolute atomic E-state index is 13.8. The molecule has 4 N–H and O–H groups in total. The van der Waals surface area contributed by atoms with Gasteiger partial charge in [0.05, 0.1) is 16.3 Å². The van der Waals surface area contributed by atoms with Crippen LogP contribution in [-0.2, 0) is 6.42 Å². The number of nitrogens with two attached hydrogens (primary N) is 1. The molecule has 0 aliphatic rings. The summed E-state index contributed by atoms with van der Waals surface area (Å²) in [6, 6.07) is 1.30. The van der Waals surface area contributed by atoms with Crippen LogP contribution in [0, 0.1) is 12.7 Å². The first-order chi connectivity index (χ1) is 9.61. The largest absolute Gasteiger partial charge is 0.352 e. The topological polar surface area (TPSA) is 92.9 Å². The molecule has 0 aromatic carbocycles. The van der Waals surface area contributed by atoms with Gasteiger partial charge in [0.1, 0.15) is 0 Å². The van der Waals surface area contributed by atoms with Gasteiger partial charge in [-0.2, -0.15) is 0 Å². The molecule has 106 valence electrons. The van der Waals surface area contributed by atoms with Gasteiger partial charge in [0, 0.05) is 24.5 Å². The number of hydrogen-bond donors (Lipinski definition) is 3. The summed E-state index contributed by atoms with van der Waals surface area (Å²) in [4.78, 5) is 19.8. The summed E-state index contributed by atoms with van der Waals surface area (Å²) < 4.78 is 13.8. The lowest BCUT2D eigenvalue weighted by Gasteiger charge is -2.07. The van der Waals surface area contributed by atoms with Gasteiger partial charge in [0.25, 0.3) is 5.91 Å². The highest BCUT2D eigenvalue weighted by molar-refractivity contribution is 7.09. The summed E-state index contributed by atoms with van der Waals surface area (Å²) in [7, 11) is 0. The molecule has 0 saturated heterocycles. The van der Waals surface area contributed by atoms with E-state index in [1.165, 1.54) is 12.3 Å². The summed E-state index contributed by atoms with van der Waals surface area (Å²) in [5.74, 6) is 3.67. The van der Waals surface area contributed by atoms with Crippen molar-refractivity contribution in [2.45, 2.75) is 13.3 Å². The number of aromatic nitrogens is 2. The molecule has 0 bridgehead atoms. The fourth-order valence-electron chi connectivity index (χ4n) is 1.64. The standard InChI is InChI=1S/C12H14FN5OS/c1-7-17-8(6-20-7)2-4-16-12(19)9-3-5-15-11(18-14)10(9)13/h3,5-6H,2,4,14H2,1H3,(H,15,18)(H,16,19). The predicted molar refractivity (Wildman–Crippen MR) is 74.9 cm³/mol. The molecule has 0 atom stereocenters. The van der Waals surface area contributed by atoms with Crippen LogP contribution in [0.2, 0.25) is 0 Å². The van der Waals surface area contributed by atoms with Crippen LogP contribution in [-0.4, -0.2) is 22.4 Å². The molecule has 0 saturated carbocycles. The quantitative estimate of drug-likeness (QED) is 0.570. The molecule has 0 aliphatic carbocycles. The molecule has 2 heterocycles. The van der Waals surface area contributed by atoms with E-state index in [0.717, 1.165) is 10.7 Å². The van der Waals surface area contributed by atoms with Crippen molar-refractivity contribution in [1.82, 2.24) is 15.3 Å². The van der Waals surface area contributed by atoms with Crippen LogP contribution < -0.4 is 16.6 Å². The first-order valence-electron chi connectivity index (χ1n) is 5.92. The average Bonchev–Trinajstić information content (AvgIpc) is 2.84. The Kier molecular flexibility index (Phi) is 4.59. The lowest BCUT2D eigenvalue weighted by molar-refractivity contribution is 0.0950. The minimum atomic E-state index is -0.767. The van der Waals surface area contributed by atoms with Gasteiger partial charge in [-0.05, 0) is 13.0 Å². The number of hydrazine groups is 1. The van der Waals surface area contributed by atoms with E-state index >= 15 is 0 Å². The van der Waals surface area contributed by atoms with Crippen molar-refractivity contribution in [1.29, 1.82) is 0 Å². The van der Waals surface area contributed by atoms with Gasteiger partial charge in [-0.15, -0.1) is 11.3 Å². The van der Waals surface area contributed by atoms with Crippen molar-refractivity contribution < 1.29 is 9.18 Å². The number of carbonyl (C=O) groups excluding carboxylic acids is 1. The normalized spacial score (nSPS) is 10.3. The van der Waals surface area contributed by atoms with Gasteiger partial charge in [0.2, 0.25) is 0 Å². The smallest absolute Gasteiger partial charge is 0.254 e. The van der Waals surface area contributed by atoms with Crippen LogP contribution >= 0.6 is 11.3 Å². The van der Waals surface area contributed by atoms with Crippen LogP contribution in [0.1, 0.15) is 21.1 Å². The maximum Gasteiger partial charge on any atom is 0.254 e. The van der Waals surface area contributed by atoms with Gasteiger partial charge in [0.15, 0.2) is 11.6 Å². The molecule has 6 nitrogen and oxygen atoms in total. The van der Waals surface area contributed by atoms with Crippen molar-refractivity contribution in [2.75, 3.05) is 12.0 Å². The number of halogens is 1. The maximum atomic E-state index is 13.8. The first kappa shape index (κ1) is 14.4. The predicted octanol–water partition coefficient (Wildman–Crippen LogP) is 1.24. The van der Waals surface area contributed by atoms with E-state index in [4.69, 9.17) is 5.84 Å². The van der Waals surface area contributed by atoms with Crippen LogP contribution in [0.15, 0.2) is 17.6 Å². The molecule has 20 heavy (non-hydrogen) atoms. The molecule has 8 heteroatoms. The number of amides is 1. The summed E-state index contributed by atoms with van der Waals surface area (Å²) in [5, 5.41) is 5.55. The second-order valence-electron chi connectivity index (χ2n) is 4.03. The van der Waals surface area contributed by atoms with Crippen molar-refractivity contribution in [3.8, 4) is 0 Å². The number of nitrogens with zero attached hydrogens (tertiary/aromatic N) is 2. The highest BCUT2D eigenvalue weighted by atomic mass is 32.1.